The van der Waals surface area contributed by atoms with Gasteiger partial charge in [-0.3, -0.25) is 9.97 Å². The second-order valence-corrected chi connectivity index (χ2v) is 4.87. The first-order chi connectivity index (χ1) is 10.9. The van der Waals surface area contributed by atoms with Crippen molar-refractivity contribution in [1.82, 2.24) is 30.4 Å². The van der Waals surface area contributed by atoms with Gasteiger partial charge in [0.05, 0.1) is 0 Å². The summed E-state index contributed by atoms with van der Waals surface area (Å²) in [5.41, 5.74) is 2.04. The molecule has 6 heteroatoms. The quantitative estimate of drug-likeness (QED) is 0.687. The molecule has 0 atom stereocenters. The first-order valence-corrected chi connectivity index (χ1v) is 7.25. The Balaban J connectivity index is 1.52. The van der Waals surface area contributed by atoms with Crippen LogP contribution in [0, 0.1) is 0 Å². The molecule has 0 N–H and O–H groups in total. The minimum Gasteiger partial charge on any atom is -0.261 e. The van der Waals surface area contributed by atoms with Crippen LogP contribution < -0.4 is 0 Å². The van der Waals surface area contributed by atoms with Crippen LogP contribution in [0.25, 0.3) is 0 Å². The van der Waals surface area contributed by atoms with Crippen molar-refractivity contribution < 1.29 is 0 Å². The predicted octanol–water partition coefficient (Wildman–Crippen LogP) is 1.63. The lowest BCUT2D eigenvalue weighted by Crippen LogP contribution is -2.08. The van der Waals surface area contributed by atoms with Crippen molar-refractivity contribution in [1.29, 1.82) is 0 Å². The van der Waals surface area contributed by atoms with Crippen LogP contribution in [0.2, 0.25) is 0 Å². The first-order valence-electron chi connectivity index (χ1n) is 7.25. The highest BCUT2D eigenvalue weighted by Gasteiger charge is 2.04. The van der Waals surface area contributed by atoms with Crippen LogP contribution in [0.1, 0.15) is 23.0 Å². The lowest BCUT2D eigenvalue weighted by molar-refractivity contribution is 0.678. The van der Waals surface area contributed by atoms with Gasteiger partial charge in [0.25, 0.3) is 0 Å². The molecular formula is C16H16N6. The fraction of sp³-hybridized carbons (Fsp3) is 0.250. The third-order valence-corrected chi connectivity index (χ3v) is 3.22. The average Bonchev–Trinajstić information content (AvgIpc) is 2.61. The van der Waals surface area contributed by atoms with Crippen molar-refractivity contribution in [2.45, 2.75) is 25.7 Å². The molecule has 0 aliphatic carbocycles. The molecule has 6 nitrogen and oxygen atoms in total. The molecule has 3 heterocycles. The van der Waals surface area contributed by atoms with E-state index < -0.39 is 0 Å². The van der Waals surface area contributed by atoms with Gasteiger partial charge in [0.15, 0.2) is 11.6 Å². The lowest BCUT2D eigenvalue weighted by Gasteiger charge is -2.01. The van der Waals surface area contributed by atoms with E-state index in [2.05, 4.69) is 30.4 Å². The molecule has 0 aromatic carbocycles. The van der Waals surface area contributed by atoms with E-state index in [9.17, 15) is 0 Å². The SMILES string of the molecule is c1ccc(CCc2nnc(CCc3ccccn3)nn2)nc1. The molecule has 0 radical (unpaired) electrons. The number of nitrogens with zero attached hydrogens (tertiary/aromatic N) is 6. The molecule has 3 rings (SSSR count). The van der Waals surface area contributed by atoms with Gasteiger partial charge in [-0.15, -0.1) is 20.4 Å². The van der Waals surface area contributed by atoms with E-state index in [1.54, 1.807) is 12.4 Å². The maximum Gasteiger partial charge on any atom is 0.173 e. The Morgan fingerprint density at radius 2 is 1.00 bits per heavy atom. The van der Waals surface area contributed by atoms with Crippen molar-refractivity contribution in [2.75, 3.05) is 0 Å². The van der Waals surface area contributed by atoms with Crippen molar-refractivity contribution in [2.24, 2.45) is 0 Å². The summed E-state index contributed by atoms with van der Waals surface area (Å²) in [5, 5.41) is 16.5. The Kier molecular flexibility index (Phi) is 4.71. The Bertz CT molecular complexity index is 622. The second-order valence-electron chi connectivity index (χ2n) is 4.87. The smallest absolute Gasteiger partial charge is 0.173 e. The maximum atomic E-state index is 4.27. The van der Waals surface area contributed by atoms with Crippen molar-refractivity contribution in [3.63, 3.8) is 0 Å². The number of hydrogen-bond acceptors (Lipinski definition) is 6. The zero-order valence-electron chi connectivity index (χ0n) is 12.1. The third-order valence-electron chi connectivity index (χ3n) is 3.22. The molecule has 0 bridgehead atoms. The Morgan fingerprint density at radius 1 is 0.545 bits per heavy atom. The molecule has 0 saturated carbocycles. The minimum absolute atomic E-state index is 0.646. The summed E-state index contributed by atoms with van der Waals surface area (Å²) >= 11 is 0. The van der Waals surface area contributed by atoms with E-state index in [4.69, 9.17) is 0 Å². The molecule has 0 aliphatic heterocycles. The lowest BCUT2D eigenvalue weighted by atomic mass is 10.2. The van der Waals surface area contributed by atoms with Gasteiger partial charge in [-0.1, -0.05) is 12.1 Å². The highest BCUT2D eigenvalue weighted by atomic mass is 15.3. The van der Waals surface area contributed by atoms with Gasteiger partial charge in [0.1, 0.15) is 0 Å². The largest absolute Gasteiger partial charge is 0.261 e. The van der Waals surface area contributed by atoms with Gasteiger partial charge < -0.3 is 0 Å². The van der Waals surface area contributed by atoms with Crippen molar-refractivity contribution in [3.8, 4) is 0 Å². The normalized spacial score (nSPS) is 10.5. The van der Waals surface area contributed by atoms with Gasteiger partial charge in [0.2, 0.25) is 0 Å². The zero-order chi connectivity index (χ0) is 15.0. The van der Waals surface area contributed by atoms with Crippen LogP contribution in [0.15, 0.2) is 48.8 Å². The van der Waals surface area contributed by atoms with E-state index in [1.807, 2.05) is 36.4 Å². The summed E-state index contributed by atoms with van der Waals surface area (Å²) < 4.78 is 0. The number of aromatic nitrogens is 6. The monoisotopic (exact) mass is 292 g/mol. The minimum atomic E-state index is 0.646. The zero-order valence-corrected chi connectivity index (χ0v) is 12.1. The summed E-state index contributed by atoms with van der Waals surface area (Å²) in [4.78, 5) is 8.54. The average molecular weight is 292 g/mol. The molecule has 0 amide bonds. The summed E-state index contributed by atoms with van der Waals surface area (Å²) in [5.74, 6) is 1.29. The molecule has 3 aromatic heterocycles. The highest BCUT2D eigenvalue weighted by molar-refractivity contribution is 5.06. The molecule has 0 aliphatic rings. The number of rotatable bonds is 6. The summed E-state index contributed by atoms with van der Waals surface area (Å²) in [6.07, 6.45) is 6.53. The molecule has 0 fully saturated rings. The summed E-state index contributed by atoms with van der Waals surface area (Å²) in [7, 11) is 0. The molecular weight excluding hydrogens is 276 g/mol. The van der Waals surface area contributed by atoms with Crippen LogP contribution in [0.5, 0.6) is 0 Å². The van der Waals surface area contributed by atoms with Crippen molar-refractivity contribution in [3.05, 3.63) is 71.8 Å². The van der Waals surface area contributed by atoms with Crippen LogP contribution in [-0.4, -0.2) is 30.4 Å². The van der Waals surface area contributed by atoms with Crippen LogP contribution in [0.3, 0.4) is 0 Å². The number of hydrogen-bond donors (Lipinski definition) is 0. The second kappa shape index (κ2) is 7.31. The first kappa shape index (κ1) is 14.2. The van der Waals surface area contributed by atoms with E-state index in [0.29, 0.717) is 24.5 Å². The van der Waals surface area contributed by atoms with Crippen LogP contribution >= 0.6 is 0 Å². The number of pyridine rings is 2. The van der Waals surface area contributed by atoms with Gasteiger partial charge in [0, 0.05) is 36.6 Å². The Labute approximate surface area is 128 Å². The fourth-order valence-electron chi connectivity index (χ4n) is 2.04. The van der Waals surface area contributed by atoms with Crippen molar-refractivity contribution >= 4 is 0 Å². The van der Waals surface area contributed by atoms with Gasteiger partial charge in [-0.25, -0.2) is 0 Å². The number of aryl methyl sites for hydroxylation is 4. The Morgan fingerprint density at radius 3 is 1.36 bits per heavy atom. The molecule has 110 valence electrons. The van der Waals surface area contributed by atoms with E-state index in [-0.39, 0.29) is 0 Å². The highest BCUT2D eigenvalue weighted by Crippen LogP contribution is 2.01. The third kappa shape index (κ3) is 4.12. The molecule has 3 aromatic rings. The predicted molar refractivity (Wildman–Crippen MR) is 80.9 cm³/mol. The van der Waals surface area contributed by atoms with E-state index in [0.717, 1.165) is 24.2 Å². The Hall–Kier alpha value is -2.76. The summed E-state index contributed by atoms with van der Waals surface area (Å²) in [6.45, 7) is 0. The van der Waals surface area contributed by atoms with Gasteiger partial charge >= 0.3 is 0 Å². The fourth-order valence-corrected chi connectivity index (χ4v) is 2.04. The molecule has 0 saturated heterocycles. The van der Waals surface area contributed by atoms with E-state index >= 15 is 0 Å². The van der Waals surface area contributed by atoms with Crippen LogP contribution in [0.4, 0.5) is 0 Å². The molecule has 0 unspecified atom stereocenters. The summed E-state index contributed by atoms with van der Waals surface area (Å²) in [6, 6.07) is 11.7. The maximum absolute atomic E-state index is 4.27. The van der Waals surface area contributed by atoms with E-state index in [1.165, 1.54) is 0 Å². The van der Waals surface area contributed by atoms with Crippen LogP contribution in [-0.2, 0) is 25.7 Å². The topological polar surface area (TPSA) is 77.3 Å². The van der Waals surface area contributed by atoms with Gasteiger partial charge in [-0.05, 0) is 37.1 Å². The standard InChI is InChI=1S/C16H16N6/c1-3-11-17-13(5-1)7-9-15-19-21-16(22-20-15)10-8-14-6-2-4-12-18-14/h1-6,11-12H,7-10H2. The molecule has 22 heavy (non-hydrogen) atoms. The van der Waals surface area contributed by atoms with Gasteiger partial charge in [-0.2, -0.15) is 0 Å². The molecule has 0 spiro atoms.